The zero-order valence-corrected chi connectivity index (χ0v) is 16.9. The number of anilines is 2. The maximum atomic E-state index is 13.5. The monoisotopic (exact) mass is 413 g/mol. The van der Waals surface area contributed by atoms with E-state index >= 15 is 0 Å². The number of halogens is 1. The van der Waals surface area contributed by atoms with Crippen LogP contribution in [0.5, 0.6) is 0 Å². The Bertz CT molecular complexity index is 997. The standard InChI is InChI=1S/C21H20ClN3O2S/c1-12-16(22)6-4-8-17(12)23-19(26)15-9-13-10-28-11-25(13)21(15)14-5-2-3-7-18(14)24-20(21)27/h2-8,13,15H,9-11H2,1H3,(H,23,26)(H,24,27)/t13-,15-,21+/m0/s1. The van der Waals surface area contributed by atoms with Crippen LogP contribution in [0.15, 0.2) is 42.5 Å². The van der Waals surface area contributed by atoms with Crippen molar-refractivity contribution in [3.8, 4) is 0 Å². The van der Waals surface area contributed by atoms with Gasteiger partial charge in [-0.3, -0.25) is 14.5 Å². The van der Waals surface area contributed by atoms with Crippen molar-refractivity contribution in [2.75, 3.05) is 22.3 Å². The lowest BCUT2D eigenvalue weighted by Gasteiger charge is -2.36. The summed E-state index contributed by atoms with van der Waals surface area (Å²) in [4.78, 5) is 29.0. The highest BCUT2D eigenvalue weighted by Crippen LogP contribution is 2.55. The van der Waals surface area contributed by atoms with Crippen LogP contribution in [-0.2, 0) is 15.1 Å². The summed E-state index contributed by atoms with van der Waals surface area (Å²) >= 11 is 8.04. The van der Waals surface area contributed by atoms with Gasteiger partial charge in [-0.25, -0.2) is 0 Å². The molecular formula is C21H20ClN3O2S. The van der Waals surface area contributed by atoms with Crippen LogP contribution in [0.25, 0.3) is 0 Å². The van der Waals surface area contributed by atoms with Crippen molar-refractivity contribution in [1.82, 2.24) is 4.90 Å². The quantitative estimate of drug-likeness (QED) is 0.785. The van der Waals surface area contributed by atoms with Gasteiger partial charge in [0.1, 0.15) is 5.54 Å². The molecule has 144 valence electrons. The number of thioether (sulfide) groups is 1. The minimum absolute atomic E-state index is 0.0957. The molecule has 1 spiro atoms. The van der Waals surface area contributed by atoms with Gasteiger partial charge in [0.2, 0.25) is 11.8 Å². The summed E-state index contributed by atoms with van der Waals surface area (Å²) in [6, 6.07) is 13.4. The van der Waals surface area contributed by atoms with Crippen LogP contribution in [0.2, 0.25) is 5.02 Å². The Morgan fingerprint density at radius 1 is 1.29 bits per heavy atom. The first-order valence-electron chi connectivity index (χ1n) is 9.35. The molecule has 2 saturated heterocycles. The fourth-order valence-corrected chi connectivity index (χ4v) is 6.34. The van der Waals surface area contributed by atoms with Crippen LogP contribution >= 0.6 is 23.4 Å². The van der Waals surface area contributed by atoms with Crippen molar-refractivity contribution in [3.63, 3.8) is 0 Å². The molecule has 2 aromatic carbocycles. The smallest absolute Gasteiger partial charge is 0.250 e. The van der Waals surface area contributed by atoms with Gasteiger partial charge >= 0.3 is 0 Å². The van der Waals surface area contributed by atoms with E-state index in [1.165, 1.54) is 0 Å². The Kier molecular flexibility index (Phi) is 4.19. The third-order valence-corrected chi connectivity index (χ3v) is 7.71. The molecule has 7 heteroatoms. The number of carbonyl (C=O) groups is 2. The van der Waals surface area contributed by atoms with E-state index in [2.05, 4.69) is 15.5 Å². The number of para-hydroxylation sites is 1. The lowest BCUT2D eigenvalue weighted by atomic mass is 9.79. The summed E-state index contributed by atoms with van der Waals surface area (Å²) in [5, 5.41) is 6.68. The first-order chi connectivity index (χ1) is 13.5. The number of fused-ring (bicyclic) bond motifs is 4. The van der Waals surface area contributed by atoms with Crippen LogP contribution in [0.4, 0.5) is 11.4 Å². The fraction of sp³-hybridized carbons (Fsp3) is 0.333. The molecule has 0 radical (unpaired) electrons. The summed E-state index contributed by atoms with van der Waals surface area (Å²) in [5.74, 6) is 1.02. The normalized spacial score (nSPS) is 28.3. The molecule has 0 aliphatic carbocycles. The summed E-state index contributed by atoms with van der Waals surface area (Å²) in [5.41, 5.74) is 2.30. The Morgan fingerprint density at radius 3 is 2.96 bits per heavy atom. The van der Waals surface area contributed by atoms with Crippen molar-refractivity contribution in [3.05, 3.63) is 58.6 Å². The van der Waals surface area contributed by atoms with Crippen molar-refractivity contribution in [1.29, 1.82) is 0 Å². The minimum atomic E-state index is -0.943. The van der Waals surface area contributed by atoms with Crippen molar-refractivity contribution < 1.29 is 9.59 Å². The highest BCUT2D eigenvalue weighted by atomic mass is 35.5. The van der Waals surface area contributed by atoms with Crippen LogP contribution in [-0.4, -0.2) is 34.4 Å². The van der Waals surface area contributed by atoms with Crippen LogP contribution < -0.4 is 10.6 Å². The number of hydrogen-bond donors (Lipinski definition) is 2. The maximum Gasteiger partial charge on any atom is 0.250 e. The molecule has 3 heterocycles. The Balaban J connectivity index is 1.58. The van der Waals surface area contributed by atoms with E-state index in [0.717, 1.165) is 28.4 Å². The molecule has 2 amide bonds. The zero-order valence-electron chi connectivity index (χ0n) is 15.4. The predicted octanol–water partition coefficient (Wildman–Crippen LogP) is 3.83. The van der Waals surface area contributed by atoms with Crippen LogP contribution in [0.3, 0.4) is 0 Å². The molecular weight excluding hydrogens is 394 g/mol. The molecule has 3 aliphatic rings. The van der Waals surface area contributed by atoms with Gasteiger partial charge in [-0.2, -0.15) is 0 Å². The molecule has 3 atom stereocenters. The second-order valence-corrected chi connectivity index (χ2v) is 8.99. The van der Waals surface area contributed by atoms with Gasteiger partial charge in [0.25, 0.3) is 0 Å². The highest BCUT2D eigenvalue weighted by Gasteiger charge is 2.65. The average molecular weight is 414 g/mol. The van der Waals surface area contributed by atoms with Gasteiger partial charge in [-0.1, -0.05) is 35.9 Å². The molecule has 5 rings (SSSR count). The molecule has 0 aromatic heterocycles. The van der Waals surface area contributed by atoms with E-state index in [9.17, 15) is 9.59 Å². The highest BCUT2D eigenvalue weighted by molar-refractivity contribution is 7.99. The van der Waals surface area contributed by atoms with Gasteiger partial charge in [-0.15, -0.1) is 11.8 Å². The second-order valence-electron chi connectivity index (χ2n) is 7.58. The molecule has 3 aliphatic heterocycles. The fourth-order valence-electron chi connectivity index (χ4n) is 4.87. The second kappa shape index (κ2) is 6.51. The van der Waals surface area contributed by atoms with E-state index in [0.29, 0.717) is 17.1 Å². The largest absolute Gasteiger partial charge is 0.325 e. The molecule has 28 heavy (non-hydrogen) atoms. The van der Waals surface area contributed by atoms with Gasteiger partial charge in [-0.05, 0) is 37.1 Å². The number of rotatable bonds is 2. The van der Waals surface area contributed by atoms with E-state index < -0.39 is 11.5 Å². The van der Waals surface area contributed by atoms with Crippen LogP contribution in [0.1, 0.15) is 17.5 Å². The van der Waals surface area contributed by atoms with Crippen molar-refractivity contribution in [2.24, 2.45) is 5.92 Å². The Morgan fingerprint density at radius 2 is 2.11 bits per heavy atom. The number of nitrogens with one attached hydrogen (secondary N) is 2. The van der Waals surface area contributed by atoms with Gasteiger partial charge in [0.15, 0.2) is 0 Å². The maximum absolute atomic E-state index is 13.5. The molecule has 2 fully saturated rings. The third-order valence-electron chi connectivity index (χ3n) is 6.22. The number of amides is 2. The Hall–Kier alpha value is -2.02. The number of carbonyl (C=O) groups excluding carboxylic acids is 2. The lowest BCUT2D eigenvalue weighted by Crippen LogP contribution is -2.53. The van der Waals surface area contributed by atoms with E-state index in [4.69, 9.17) is 11.6 Å². The molecule has 0 unspecified atom stereocenters. The van der Waals surface area contributed by atoms with Gasteiger partial charge < -0.3 is 10.6 Å². The summed E-state index contributed by atoms with van der Waals surface area (Å²) < 4.78 is 0. The first kappa shape index (κ1) is 18.0. The van der Waals surface area contributed by atoms with Gasteiger partial charge in [0, 0.05) is 39.6 Å². The lowest BCUT2D eigenvalue weighted by molar-refractivity contribution is -0.134. The minimum Gasteiger partial charge on any atom is -0.325 e. The van der Waals surface area contributed by atoms with E-state index in [1.807, 2.05) is 55.1 Å². The molecule has 2 aromatic rings. The summed E-state index contributed by atoms with van der Waals surface area (Å²) in [6.07, 6.45) is 0.667. The SMILES string of the molecule is Cc1c(Cl)cccc1NC(=O)[C@@H]1C[C@H]2CSCN2[C@@]12C(=O)Nc1ccccc12. The predicted molar refractivity (Wildman–Crippen MR) is 113 cm³/mol. The number of hydrogen-bond acceptors (Lipinski definition) is 4. The molecule has 5 nitrogen and oxygen atoms in total. The molecule has 0 saturated carbocycles. The van der Waals surface area contributed by atoms with E-state index in [1.54, 1.807) is 6.07 Å². The zero-order chi connectivity index (χ0) is 19.5. The number of benzene rings is 2. The van der Waals surface area contributed by atoms with Crippen LogP contribution in [0, 0.1) is 12.8 Å². The van der Waals surface area contributed by atoms with E-state index in [-0.39, 0.29) is 17.9 Å². The first-order valence-corrected chi connectivity index (χ1v) is 10.9. The average Bonchev–Trinajstić information content (AvgIpc) is 3.34. The summed E-state index contributed by atoms with van der Waals surface area (Å²) in [7, 11) is 0. The number of nitrogens with zero attached hydrogens (tertiary/aromatic N) is 1. The molecule has 0 bridgehead atoms. The Labute approximate surface area is 172 Å². The topological polar surface area (TPSA) is 61.4 Å². The van der Waals surface area contributed by atoms with Gasteiger partial charge in [0.05, 0.1) is 5.92 Å². The van der Waals surface area contributed by atoms with Crippen molar-refractivity contribution in [2.45, 2.75) is 24.9 Å². The van der Waals surface area contributed by atoms with Crippen molar-refractivity contribution >= 4 is 46.6 Å². The summed E-state index contributed by atoms with van der Waals surface area (Å²) in [6.45, 7) is 1.88. The molecule has 2 N–H and O–H groups in total. The third kappa shape index (κ3) is 2.38.